The van der Waals surface area contributed by atoms with Gasteiger partial charge in [0.05, 0.1) is 0 Å². The van der Waals surface area contributed by atoms with E-state index in [4.69, 9.17) is 9.15 Å². The van der Waals surface area contributed by atoms with Crippen molar-refractivity contribution in [2.45, 2.75) is 11.8 Å². The van der Waals surface area contributed by atoms with E-state index in [1.54, 1.807) is 7.05 Å². The van der Waals surface area contributed by atoms with Gasteiger partial charge in [0.2, 0.25) is 0 Å². The molecule has 0 aliphatic carbocycles. The molecule has 3 rings (SSSR count). The number of ether oxygens (including phenoxy) is 1. The molecule has 26 heavy (non-hydrogen) atoms. The highest BCUT2D eigenvalue weighted by Gasteiger charge is 2.14. The molecule has 0 atom stereocenters. The number of hydrogen-bond acceptors (Lipinski definition) is 6. The van der Waals surface area contributed by atoms with Crippen molar-refractivity contribution in [3.8, 4) is 0 Å². The molecule has 134 valence electrons. The minimum Gasteiger partial charge on any atom is -0.455 e. The zero-order chi connectivity index (χ0) is 18.4. The summed E-state index contributed by atoms with van der Waals surface area (Å²) in [7, 11) is 1.68. The summed E-state index contributed by atoms with van der Waals surface area (Å²) < 4.78 is 10.6. The molecule has 0 aliphatic heterocycles. The first kappa shape index (κ1) is 18.0. The number of esters is 1. The Morgan fingerprint density at radius 3 is 2.62 bits per heavy atom. The van der Waals surface area contributed by atoms with Gasteiger partial charge in [0.15, 0.2) is 12.2 Å². The molecule has 0 fully saturated rings. The highest BCUT2D eigenvalue weighted by Crippen LogP contribution is 2.23. The average molecular weight is 370 g/mol. The van der Waals surface area contributed by atoms with E-state index in [2.05, 4.69) is 4.98 Å². The number of aromatic nitrogens is 1. The number of benzene rings is 2. The summed E-state index contributed by atoms with van der Waals surface area (Å²) in [6, 6.07) is 17.0. The molecule has 1 amide bonds. The number of rotatable bonds is 7. The Morgan fingerprint density at radius 1 is 1.12 bits per heavy atom. The molecule has 1 heterocycles. The van der Waals surface area contributed by atoms with Crippen molar-refractivity contribution in [2.75, 3.05) is 19.4 Å². The first-order valence-corrected chi connectivity index (χ1v) is 9.02. The third-order valence-electron chi connectivity index (χ3n) is 3.63. The number of amides is 1. The Balaban J connectivity index is 1.42. The van der Waals surface area contributed by atoms with E-state index in [-0.39, 0.29) is 18.3 Å². The van der Waals surface area contributed by atoms with Crippen LogP contribution >= 0.6 is 11.8 Å². The first-order chi connectivity index (χ1) is 12.6. The molecule has 0 saturated heterocycles. The van der Waals surface area contributed by atoms with E-state index >= 15 is 0 Å². The predicted octanol–water partition coefficient (Wildman–Crippen LogP) is 3.12. The van der Waals surface area contributed by atoms with Gasteiger partial charge < -0.3 is 14.1 Å². The predicted molar refractivity (Wildman–Crippen MR) is 98.6 cm³/mol. The maximum Gasteiger partial charge on any atom is 0.316 e. The fourth-order valence-electron chi connectivity index (χ4n) is 2.27. The third-order valence-corrected chi connectivity index (χ3v) is 4.43. The van der Waals surface area contributed by atoms with Gasteiger partial charge in [-0.2, -0.15) is 0 Å². The van der Waals surface area contributed by atoms with E-state index in [0.29, 0.717) is 17.4 Å². The van der Waals surface area contributed by atoms with Crippen LogP contribution in [0.2, 0.25) is 0 Å². The highest BCUT2D eigenvalue weighted by molar-refractivity contribution is 7.99. The molecule has 0 N–H and O–H groups in total. The van der Waals surface area contributed by atoms with Gasteiger partial charge in [-0.25, -0.2) is 4.98 Å². The molecule has 0 saturated carbocycles. The number of thioether (sulfide) groups is 1. The largest absolute Gasteiger partial charge is 0.455 e. The lowest BCUT2D eigenvalue weighted by molar-refractivity contribution is -0.149. The summed E-state index contributed by atoms with van der Waals surface area (Å²) >= 11 is 1.14. The fourth-order valence-corrected chi connectivity index (χ4v) is 2.91. The zero-order valence-corrected chi connectivity index (χ0v) is 15.1. The lowest BCUT2D eigenvalue weighted by Gasteiger charge is -2.17. The Morgan fingerprint density at radius 2 is 1.85 bits per heavy atom. The van der Waals surface area contributed by atoms with Crippen molar-refractivity contribution < 1.29 is 18.7 Å². The minimum absolute atomic E-state index is 0.0303. The molecule has 1 aromatic heterocycles. The van der Waals surface area contributed by atoms with Crippen molar-refractivity contribution in [3.63, 3.8) is 0 Å². The number of fused-ring (bicyclic) bond motifs is 1. The molecule has 2 aromatic carbocycles. The van der Waals surface area contributed by atoms with Crippen LogP contribution in [-0.4, -0.2) is 41.2 Å². The van der Waals surface area contributed by atoms with Crippen molar-refractivity contribution in [1.82, 2.24) is 9.88 Å². The number of para-hydroxylation sites is 2. The second-order valence-corrected chi connectivity index (χ2v) is 6.56. The topological polar surface area (TPSA) is 72.6 Å². The molecular weight excluding hydrogens is 352 g/mol. The van der Waals surface area contributed by atoms with Gasteiger partial charge >= 0.3 is 5.97 Å². The van der Waals surface area contributed by atoms with Gasteiger partial charge in [-0.1, -0.05) is 54.2 Å². The number of carbonyl (C=O) groups is 2. The number of oxazole rings is 1. The van der Waals surface area contributed by atoms with E-state index in [9.17, 15) is 9.59 Å². The fraction of sp³-hybridized carbons (Fsp3) is 0.211. The number of carbonyl (C=O) groups excluding carboxylic acids is 2. The standard InChI is InChI=1S/C19H18N2O4S/c1-21(11-14-7-3-2-4-8-14)17(22)12-24-18(23)13-26-19-20-15-9-5-6-10-16(15)25-19/h2-10H,11-13H2,1H3. The number of hydrogen-bond donors (Lipinski definition) is 0. The number of nitrogens with zero attached hydrogens (tertiary/aromatic N) is 2. The van der Waals surface area contributed by atoms with Crippen molar-refractivity contribution in [2.24, 2.45) is 0 Å². The summed E-state index contributed by atoms with van der Waals surface area (Å²) in [4.78, 5) is 29.7. The Bertz CT molecular complexity index is 862. The van der Waals surface area contributed by atoms with E-state index in [0.717, 1.165) is 22.8 Å². The smallest absolute Gasteiger partial charge is 0.316 e. The average Bonchev–Trinajstić information content (AvgIpc) is 3.08. The van der Waals surface area contributed by atoms with Crippen LogP contribution < -0.4 is 0 Å². The van der Waals surface area contributed by atoms with Crippen LogP contribution in [0.25, 0.3) is 11.1 Å². The van der Waals surface area contributed by atoms with Gasteiger partial charge in [0.25, 0.3) is 11.1 Å². The summed E-state index contributed by atoms with van der Waals surface area (Å²) in [5.74, 6) is -0.713. The molecule has 0 radical (unpaired) electrons. The van der Waals surface area contributed by atoms with Crippen LogP contribution in [0, 0.1) is 0 Å². The molecule has 6 nitrogen and oxygen atoms in total. The molecule has 0 aliphatic rings. The Hall–Kier alpha value is -2.80. The van der Waals surface area contributed by atoms with Crippen LogP contribution in [0.5, 0.6) is 0 Å². The van der Waals surface area contributed by atoms with Gasteiger partial charge in [0, 0.05) is 13.6 Å². The van der Waals surface area contributed by atoms with Crippen molar-refractivity contribution in [1.29, 1.82) is 0 Å². The monoisotopic (exact) mass is 370 g/mol. The van der Waals surface area contributed by atoms with Crippen LogP contribution in [0.1, 0.15) is 5.56 Å². The van der Waals surface area contributed by atoms with Gasteiger partial charge in [-0.15, -0.1) is 0 Å². The Labute approximate surface area is 155 Å². The molecule has 3 aromatic rings. The van der Waals surface area contributed by atoms with Crippen molar-refractivity contribution >= 4 is 34.7 Å². The summed E-state index contributed by atoms with van der Waals surface area (Å²) in [6.45, 7) is 0.186. The van der Waals surface area contributed by atoms with Crippen molar-refractivity contribution in [3.05, 3.63) is 60.2 Å². The number of likely N-dealkylation sites (N-methyl/N-ethyl adjacent to an activating group) is 1. The van der Waals surface area contributed by atoms with Gasteiger partial charge in [-0.05, 0) is 17.7 Å². The minimum atomic E-state index is -0.487. The van der Waals surface area contributed by atoms with Gasteiger partial charge in [0.1, 0.15) is 11.3 Å². The summed E-state index contributed by atoms with van der Waals surface area (Å²) in [5, 5.41) is 0.399. The lowest BCUT2D eigenvalue weighted by atomic mass is 10.2. The lowest BCUT2D eigenvalue weighted by Crippen LogP contribution is -2.31. The van der Waals surface area contributed by atoms with Crippen LogP contribution in [0.3, 0.4) is 0 Å². The zero-order valence-electron chi connectivity index (χ0n) is 14.3. The quantitative estimate of drug-likeness (QED) is 0.470. The molecule has 7 heteroatoms. The van der Waals surface area contributed by atoms with E-state index in [1.807, 2.05) is 54.6 Å². The molecule has 0 unspecified atom stereocenters. The second kappa shape index (κ2) is 8.53. The third kappa shape index (κ3) is 4.86. The highest BCUT2D eigenvalue weighted by atomic mass is 32.2. The summed E-state index contributed by atoms with van der Waals surface area (Å²) in [5.41, 5.74) is 2.42. The normalized spacial score (nSPS) is 10.7. The van der Waals surface area contributed by atoms with Crippen LogP contribution in [0.15, 0.2) is 64.2 Å². The van der Waals surface area contributed by atoms with E-state index in [1.165, 1.54) is 4.90 Å². The molecule has 0 bridgehead atoms. The SMILES string of the molecule is CN(Cc1ccccc1)C(=O)COC(=O)CSc1nc2ccccc2o1. The Kier molecular flexibility index (Phi) is 5.91. The maximum atomic E-state index is 12.1. The van der Waals surface area contributed by atoms with Crippen LogP contribution in [0.4, 0.5) is 0 Å². The van der Waals surface area contributed by atoms with E-state index < -0.39 is 5.97 Å². The van der Waals surface area contributed by atoms with Gasteiger partial charge in [-0.3, -0.25) is 9.59 Å². The second-order valence-electron chi connectivity index (χ2n) is 5.63. The molecular formula is C19H18N2O4S. The summed E-state index contributed by atoms with van der Waals surface area (Å²) in [6.07, 6.45) is 0. The van der Waals surface area contributed by atoms with Crippen LogP contribution in [-0.2, 0) is 20.9 Å². The molecule has 0 spiro atoms. The maximum absolute atomic E-state index is 12.1. The first-order valence-electron chi connectivity index (χ1n) is 8.04.